The lowest BCUT2D eigenvalue weighted by atomic mass is 10.0. The first-order chi connectivity index (χ1) is 14.9. The molecule has 1 aliphatic rings. The van der Waals surface area contributed by atoms with Crippen LogP contribution in [0, 0.1) is 6.92 Å². The highest BCUT2D eigenvalue weighted by Crippen LogP contribution is 2.33. The van der Waals surface area contributed by atoms with Gasteiger partial charge in [0, 0.05) is 17.3 Å². The molecule has 1 fully saturated rings. The van der Waals surface area contributed by atoms with Gasteiger partial charge < -0.3 is 20.2 Å². The Bertz CT molecular complexity index is 1160. The van der Waals surface area contributed by atoms with Gasteiger partial charge in [-0.15, -0.1) is 0 Å². The number of aryl methyl sites for hydroxylation is 1. The number of aromatic carboxylic acids is 1. The topological polar surface area (TPSA) is 91.6 Å². The van der Waals surface area contributed by atoms with Crippen LogP contribution in [0.4, 0.5) is 5.69 Å². The fourth-order valence-electron chi connectivity index (χ4n) is 3.39. The molecule has 0 bridgehead atoms. The van der Waals surface area contributed by atoms with Crippen LogP contribution in [-0.4, -0.2) is 22.5 Å². The number of nitrogens with one attached hydrogen (secondary N) is 2. The first-order valence-electron chi connectivity index (χ1n) is 9.92. The number of benzene rings is 2. The molecule has 0 spiro atoms. The quantitative estimate of drug-likeness (QED) is 0.467. The third kappa shape index (κ3) is 4.51. The van der Waals surface area contributed by atoms with Crippen LogP contribution < -0.4 is 10.6 Å². The Morgan fingerprint density at radius 3 is 2.68 bits per heavy atom. The fourth-order valence-corrected chi connectivity index (χ4v) is 4.36. The minimum Gasteiger partial charge on any atom is -0.478 e. The number of amides is 1. The van der Waals surface area contributed by atoms with E-state index in [9.17, 15) is 14.7 Å². The van der Waals surface area contributed by atoms with Crippen LogP contribution in [0.15, 0.2) is 63.9 Å². The van der Waals surface area contributed by atoms with E-state index in [2.05, 4.69) is 29.7 Å². The molecule has 3 aromatic rings. The maximum Gasteiger partial charge on any atom is 0.335 e. The molecule has 2 heterocycles. The summed E-state index contributed by atoms with van der Waals surface area (Å²) in [6.45, 7) is 3.86. The monoisotopic (exact) mass is 434 g/mol. The van der Waals surface area contributed by atoms with E-state index >= 15 is 0 Å². The van der Waals surface area contributed by atoms with E-state index in [0.717, 1.165) is 12.1 Å². The van der Waals surface area contributed by atoms with E-state index < -0.39 is 5.97 Å². The Labute approximate surface area is 184 Å². The van der Waals surface area contributed by atoms with Gasteiger partial charge in [-0.1, -0.05) is 43.0 Å². The van der Waals surface area contributed by atoms with Crippen molar-refractivity contribution in [3.8, 4) is 11.3 Å². The summed E-state index contributed by atoms with van der Waals surface area (Å²) in [5, 5.41) is 15.5. The maximum absolute atomic E-state index is 12.4. The van der Waals surface area contributed by atoms with Gasteiger partial charge in [0.25, 0.3) is 5.91 Å². The molecule has 31 heavy (non-hydrogen) atoms. The van der Waals surface area contributed by atoms with Crippen molar-refractivity contribution in [2.24, 2.45) is 0 Å². The van der Waals surface area contributed by atoms with Crippen molar-refractivity contribution in [1.29, 1.82) is 0 Å². The van der Waals surface area contributed by atoms with Gasteiger partial charge in [0.1, 0.15) is 11.5 Å². The molecule has 1 amide bonds. The van der Waals surface area contributed by atoms with Gasteiger partial charge in [-0.3, -0.25) is 4.79 Å². The molecule has 0 saturated carbocycles. The minimum atomic E-state index is -0.977. The normalized spacial score (nSPS) is 17.0. The average Bonchev–Trinajstić information content (AvgIpc) is 3.35. The molecule has 0 unspecified atom stereocenters. The zero-order valence-electron chi connectivity index (χ0n) is 17.1. The lowest BCUT2D eigenvalue weighted by molar-refractivity contribution is -0.116. The van der Waals surface area contributed by atoms with E-state index in [4.69, 9.17) is 4.42 Å². The third-order valence-electron chi connectivity index (χ3n) is 5.12. The molecular formula is C24H22N2O4S. The van der Waals surface area contributed by atoms with Gasteiger partial charge in [-0.2, -0.15) is 0 Å². The molecule has 4 rings (SSSR count). The molecule has 1 aromatic heterocycles. The number of carbonyl (C=O) groups excluding carboxylic acids is 1. The molecular weight excluding hydrogens is 412 g/mol. The van der Waals surface area contributed by atoms with Crippen LogP contribution in [0.2, 0.25) is 0 Å². The highest BCUT2D eigenvalue weighted by molar-refractivity contribution is 8.05. The third-order valence-corrected chi connectivity index (χ3v) is 6.15. The van der Waals surface area contributed by atoms with Crippen molar-refractivity contribution in [1.82, 2.24) is 5.32 Å². The number of hydrogen-bond acceptors (Lipinski definition) is 5. The summed E-state index contributed by atoms with van der Waals surface area (Å²) in [6, 6.07) is 16.7. The van der Waals surface area contributed by atoms with Crippen molar-refractivity contribution in [3.05, 3.63) is 82.0 Å². The van der Waals surface area contributed by atoms with Crippen molar-refractivity contribution in [3.63, 3.8) is 0 Å². The first kappa shape index (κ1) is 20.8. The van der Waals surface area contributed by atoms with E-state index in [1.807, 2.05) is 18.2 Å². The van der Waals surface area contributed by atoms with Gasteiger partial charge in [0.05, 0.1) is 10.5 Å². The zero-order chi connectivity index (χ0) is 22.0. The molecule has 1 atom stereocenters. The van der Waals surface area contributed by atoms with Gasteiger partial charge in [-0.05, 0) is 54.8 Å². The number of carboxylic acids is 1. The van der Waals surface area contributed by atoms with Crippen molar-refractivity contribution < 1.29 is 19.1 Å². The van der Waals surface area contributed by atoms with E-state index in [-0.39, 0.29) is 17.0 Å². The highest BCUT2D eigenvalue weighted by Gasteiger charge is 2.27. The van der Waals surface area contributed by atoms with Crippen molar-refractivity contribution in [2.75, 3.05) is 5.32 Å². The standard InChI is InChI=1S/C24H22N2O4S/c1-3-15-7-9-16(10-8-15)25-24-26-22(27)21(31-24)13-17-11-12-20(30-17)18-5-4-6-19(14(18)2)23(28)29/h4-13,24-25H,3H2,1-2H3,(H,26,27)(H,28,29)/b21-13-/t24-/m1/s1. The van der Waals surface area contributed by atoms with Gasteiger partial charge in [0.15, 0.2) is 5.50 Å². The van der Waals surface area contributed by atoms with E-state index in [1.54, 1.807) is 37.3 Å². The Morgan fingerprint density at radius 1 is 1.19 bits per heavy atom. The summed E-state index contributed by atoms with van der Waals surface area (Å²) in [4.78, 5) is 24.3. The Hall–Kier alpha value is -3.45. The lowest BCUT2D eigenvalue weighted by Gasteiger charge is -2.12. The second kappa shape index (κ2) is 8.73. The second-order valence-corrected chi connectivity index (χ2v) is 8.31. The molecule has 158 valence electrons. The fraction of sp³-hybridized carbons (Fsp3) is 0.167. The molecule has 0 radical (unpaired) electrons. The van der Waals surface area contributed by atoms with Crippen LogP contribution in [-0.2, 0) is 11.2 Å². The SMILES string of the molecule is CCc1ccc(N[C@@H]2NC(=O)/C(=C/c3ccc(-c4cccc(C(=O)O)c4C)o3)S2)cc1. The number of carboxylic acid groups (broad SMARTS) is 1. The number of carbonyl (C=O) groups is 2. The number of anilines is 1. The summed E-state index contributed by atoms with van der Waals surface area (Å²) >= 11 is 1.38. The maximum atomic E-state index is 12.4. The van der Waals surface area contributed by atoms with Gasteiger partial charge >= 0.3 is 5.97 Å². The first-order valence-corrected chi connectivity index (χ1v) is 10.8. The second-order valence-electron chi connectivity index (χ2n) is 7.16. The highest BCUT2D eigenvalue weighted by atomic mass is 32.2. The minimum absolute atomic E-state index is 0.172. The predicted molar refractivity (Wildman–Crippen MR) is 123 cm³/mol. The summed E-state index contributed by atoms with van der Waals surface area (Å²) in [5.74, 6) is -0.0629. The van der Waals surface area contributed by atoms with Gasteiger partial charge in [-0.25, -0.2) is 4.79 Å². The predicted octanol–water partition coefficient (Wildman–Crippen LogP) is 5.12. The van der Waals surface area contributed by atoms with Crippen LogP contribution in [0.25, 0.3) is 17.4 Å². The zero-order valence-corrected chi connectivity index (χ0v) is 18.0. The summed E-state index contributed by atoms with van der Waals surface area (Å²) in [5.41, 5.74) is 3.51. The van der Waals surface area contributed by atoms with Crippen molar-refractivity contribution >= 4 is 35.4 Å². The summed E-state index contributed by atoms with van der Waals surface area (Å²) < 4.78 is 5.89. The number of thioether (sulfide) groups is 1. The molecule has 1 saturated heterocycles. The molecule has 6 nitrogen and oxygen atoms in total. The van der Waals surface area contributed by atoms with Gasteiger partial charge in [0.2, 0.25) is 0 Å². The number of furan rings is 1. The van der Waals surface area contributed by atoms with E-state index in [1.165, 1.54) is 17.3 Å². The number of rotatable bonds is 6. The van der Waals surface area contributed by atoms with Crippen LogP contribution >= 0.6 is 11.8 Å². The van der Waals surface area contributed by atoms with Crippen molar-refractivity contribution in [2.45, 2.75) is 25.8 Å². The average molecular weight is 435 g/mol. The molecule has 3 N–H and O–H groups in total. The Morgan fingerprint density at radius 2 is 1.97 bits per heavy atom. The van der Waals surface area contributed by atoms with E-state index in [0.29, 0.717) is 27.6 Å². The summed E-state index contributed by atoms with van der Waals surface area (Å²) in [7, 11) is 0. The van der Waals surface area contributed by atoms with Crippen LogP contribution in [0.3, 0.4) is 0 Å². The molecule has 0 aliphatic carbocycles. The molecule has 7 heteroatoms. The summed E-state index contributed by atoms with van der Waals surface area (Å²) in [6.07, 6.45) is 2.68. The molecule has 2 aromatic carbocycles. The Balaban J connectivity index is 1.49. The largest absolute Gasteiger partial charge is 0.478 e. The lowest BCUT2D eigenvalue weighted by Crippen LogP contribution is -2.30. The smallest absolute Gasteiger partial charge is 0.335 e. The molecule has 1 aliphatic heterocycles. The Kier molecular flexibility index (Phi) is 5.86. The van der Waals surface area contributed by atoms with Crippen LogP contribution in [0.1, 0.15) is 34.2 Å². The van der Waals surface area contributed by atoms with Crippen LogP contribution in [0.5, 0.6) is 0 Å². The number of hydrogen-bond donors (Lipinski definition) is 3.